The molecule has 1 aromatic carbocycles. The first kappa shape index (κ1) is 20.4. The van der Waals surface area contributed by atoms with Crippen molar-refractivity contribution in [1.82, 2.24) is 29.5 Å². The molecule has 1 N–H and O–H groups in total. The van der Waals surface area contributed by atoms with Crippen LogP contribution in [0.3, 0.4) is 0 Å². The number of benzene rings is 1. The van der Waals surface area contributed by atoms with Gasteiger partial charge >= 0.3 is 6.30 Å². The van der Waals surface area contributed by atoms with Crippen molar-refractivity contribution in [1.29, 1.82) is 0 Å². The minimum atomic E-state index is -4.56. The molecule has 0 atom stereocenters. The molecule has 0 unspecified atom stereocenters. The number of alkyl halides is 3. The lowest BCUT2D eigenvalue weighted by Gasteiger charge is -2.22. The third-order valence-electron chi connectivity index (χ3n) is 5.47. The standard InChI is InChI=1S/C20H18F3N7O2/c21-20(22,23)28-11-25-29(12-28)16-4-2-1-3-13(16)9-17-26-18-15(19(31)27-17)10-24-30(18)14-5-7-32-8-6-14/h1-4,10-12,14H,5-9H2/p+1. The van der Waals surface area contributed by atoms with E-state index in [0.29, 0.717) is 47.6 Å². The molecule has 0 spiro atoms. The SMILES string of the molecule is O=c1[nH]c(Cc2ccccc2-n2c[n+](C(F)(F)F)cn2)nc2c1cnn2C1CCOCC1. The number of halogens is 3. The molecule has 1 fully saturated rings. The van der Waals surface area contributed by atoms with Gasteiger partial charge in [0, 0.05) is 30.3 Å². The minimum absolute atomic E-state index is 0.0718. The van der Waals surface area contributed by atoms with Crippen LogP contribution in [0.4, 0.5) is 13.2 Å². The highest BCUT2D eigenvalue weighted by molar-refractivity contribution is 5.73. The number of hydrogen-bond acceptors (Lipinski definition) is 5. The van der Waals surface area contributed by atoms with Crippen molar-refractivity contribution in [3.05, 3.63) is 64.9 Å². The first-order valence-corrected chi connectivity index (χ1v) is 10.1. The maximum atomic E-state index is 13.0. The highest BCUT2D eigenvalue weighted by atomic mass is 19.4. The second-order valence-electron chi connectivity index (χ2n) is 7.55. The lowest BCUT2D eigenvalue weighted by Crippen LogP contribution is -2.45. The molecular weight excluding hydrogens is 427 g/mol. The maximum Gasteiger partial charge on any atom is 0.543 e. The number of nitrogens with zero attached hydrogens (tertiary/aromatic N) is 6. The van der Waals surface area contributed by atoms with Crippen molar-refractivity contribution in [2.24, 2.45) is 0 Å². The molecule has 4 heterocycles. The van der Waals surface area contributed by atoms with Crippen molar-refractivity contribution in [3.8, 4) is 5.69 Å². The maximum absolute atomic E-state index is 13.0. The number of aromatic nitrogens is 7. The molecular formula is C20H19F3N7O2+. The summed E-state index contributed by atoms with van der Waals surface area (Å²) in [6.07, 6.45) is 0.269. The van der Waals surface area contributed by atoms with Crippen LogP contribution in [-0.2, 0) is 17.5 Å². The Balaban J connectivity index is 1.51. The Morgan fingerprint density at radius 3 is 2.72 bits per heavy atom. The van der Waals surface area contributed by atoms with Gasteiger partial charge in [0.25, 0.3) is 11.9 Å². The van der Waals surface area contributed by atoms with Gasteiger partial charge < -0.3 is 9.72 Å². The van der Waals surface area contributed by atoms with E-state index < -0.39 is 6.30 Å². The van der Waals surface area contributed by atoms with E-state index in [4.69, 9.17) is 4.74 Å². The molecule has 1 aliphatic rings. The van der Waals surface area contributed by atoms with Crippen LogP contribution < -0.4 is 10.1 Å². The summed E-state index contributed by atoms with van der Waals surface area (Å²) in [7, 11) is 0. The number of ether oxygens (including phenoxy) is 1. The first-order valence-electron chi connectivity index (χ1n) is 10.1. The summed E-state index contributed by atoms with van der Waals surface area (Å²) in [4.78, 5) is 20.0. The zero-order chi connectivity index (χ0) is 22.3. The second kappa shape index (κ2) is 7.86. The van der Waals surface area contributed by atoms with Crippen molar-refractivity contribution in [2.75, 3.05) is 13.2 Å². The molecule has 9 nitrogen and oxygen atoms in total. The molecule has 32 heavy (non-hydrogen) atoms. The Hall–Kier alpha value is -3.54. The predicted molar refractivity (Wildman–Crippen MR) is 105 cm³/mol. The van der Waals surface area contributed by atoms with E-state index in [1.54, 1.807) is 28.9 Å². The fourth-order valence-electron chi connectivity index (χ4n) is 3.87. The fourth-order valence-corrected chi connectivity index (χ4v) is 3.87. The van der Waals surface area contributed by atoms with Gasteiger partial charge in [0.1, 0.15) is 16.9 Å². The smallest absolute Gasteiger partial charge is 0.381 e. The zero-order valence-corrected chi connectivity index (χ0v) is 16.8. The molecule has 0 saturated carbocycles. The monoisotopic (exact) mass is 446 g/mol. The van der Waals surface area contributed by atoms with Gasteiger partial charge in [0.2, 0.25) is 6.33 Å². The van der Waals surface area contributed by atoms with E-state index >= 15 is 0 Å². The minimum Gasteiger partial charge on any atom is -0.381 e. The van der Waals surface area contributed by atoms with Gasteiger partial charge in [-0.2, -0.15) is 5.10 Å². The van der Waals surface area contributed by atoms with Crippen LogP contribution in [0.5, 0.6) is 0 Å². The highest BCUT2D eigenvalue weighted by Crippen LogP contribution is 2.24. The summed E-state index contributed by atoms with van der Waals surface area (Å²) in [5, 5.41) is 8.60. The third-order valence-corrected chi connectivity index (χ3v) is 5.47. The number of aromatic amines is 1. The summed E-state index contributed by atoms with van der Waals surface area (Å²) in [6.45, 7) is 1.24. The molecule has 0 bridgehead atoms. The Morgan fingerprint density at radius 1 is 1.19 bits per heavy atom. The quantitative estimate of drug-likeness (QED) is 0.484. The van der Waals surface area contributed by atoms with Crippen LogP contribution in [0.15, 0.2) is 47.9 Å². The average molecular weight is 446 g/mol. The zero-order valence-electron chi connectivity index (χ0n) is 16.8. The second-order valence-corrected chi connectivity index (χ2v) is 7.55. The summed E-state index contributed by atoms with van der Waals surface area (Å²) in [5.41, 5.74) is 1.29. The van der Waals surface area contributed by atoms with Crippen LogP contribution in [0, 0.1) is 0 Å². The van der Waals surface area contributed by atoms with E-state index in [2.05, 4.69) is 20.2 Å². The van der Waals surface area contributed by atoms with E-state index in [-0.39, 0.29) is 22.6 Å². The van der Waals surface area contributed by atoms with E-state index in [1.807, 2.05) is 0 Å². The average Bonchev–Trinajstić information content (AvgIpc) is 3.43. The third kappa shape index (κ3) is 3.77. The molecule has 0 amide bonds. The summed E-state index contributed by atoms with van der Waals surface area (Å²) in [6, 6.07) is 6.99. The van der Waals surface area contributed by atoms with Gasteiger partial charge in [-0.1, -0.05) is 22.9 Å². The number of fused-ring (bicyclic) bond motifs is 1. The largest absolute Gasteiger partial charge is 0.543 e. The molecule has 3 aromatic heterocycles. The van der Waals surface area contributed by atoms with Gasteiger partial charge in [-0.05, 0) is 18.9 Å². The van der Waals surface area contributed by atoms with Gasteiger partial charge in [-0.3, -0.25) is 4.79 Å². The Morgan fingerprint density at radius 2 is 1.97 bits per heavy atom. The molecule has 0 radical (unpaired) electrons. The molecule has 1 saturated heterocycles. The Bertz CT molecular complexity index is 1320. The van der Waals surface area contributed by atoms with Crippen LogP contribution in [0.1, 0.15) is 30.3 Å². The van der Waals surface area contributed by atoms with Gasteiger partial charge in [-0.15, -0.1) is 17.7 Å². The highest BCUT2D eigenvalue weighted by Gasteiger charge is 2.37. The van der Waals surface area contributed by atoms with Crippen molar-refractivity contribution in [3.63, 3.8) is 0 Å². The van der Waals surface area contributed by atoms with Gasteiger partial charge in [0.15, 0.2) is 5.65 Å². The van der Waals surface area contributed by atoms with Crippen LogP contribution >= 0.6 is 0 Å². The van der Waals surface area contributed by atoms with Crippen LogP contribution in [-0.4, -0.2) is 42.7 Å². The number of para-hydroxylation sites is 1. The molecule has 4 aromatic rings. The summed E-state index contributed by atoms with van der Waals surface area (Å²) in [5.74, 6) is 0.389. The number of H-pyrrole nitrogens is 1. The van der Waals surface area contributed by atoms with Gasteiger partial charge in [0.05, 0.1) is 12.2 Å². The topological polar surface area (TPSA) is 94.5 Å². The number of hydrogen-bond donors (Lipinski definition) is 1. The van der Waals surface area contributed by atoms with E-state index in [0.717, 1.165) is 23.9 Å². The van der Waals surface area contributed by atoms with Crippen molar-refractivity contribution < 1.29 is 22.5 Å². The molecule has 12 heteroatoms. The van der Waals surface area contributed by atoms with E-state index in [1.165, 1.54) is 6.20 Å². The van der Waals surface area contributed by atoms with Crippen molar-refractivity contribution in [2.45, 2.75) is 31.6 Å². The normalized spacial score (nSPS) is 15.5. The molecule has 166 valence electrons. The number of rotatable bonds is 4. The van der Waals surface area contributed by atoms with Crippen LogP contribution in [0.25, 0.3) is 16.7 Å². The summed E-state index contributed by atoms with van der Waals surface area (Å²) < 4.78 is 47.3. The van der Waals surface area contributed by atoms with Gasteiger partial charge in [-0.25, -0.2) is 9.67 Å². The predicted octanol–water partition coefficient (Wildman–Crippen LogP) is 2.01. The lowest BCUT2D eigenvalue weighted by molar-refractivity contribution is -0.855. The molecule has 0 aliphatic carbocycles. The lowest BCUT2D eigenvalue weighted by atomic mass is 10.1. The van der Waals surface area contributed by atoms with E-state index in [9.17, 15) is 18.0 Å². The van der Waals surface area contributed by atoms with Crippen molar-refractivity contribution >= 4 is 11.0 Å². The first-order chi connectivity index (χ1) is 15.4. The Kier molecular flexibility index (Phi) is 5.00. The van der Waals surface area contributed by atoms with Crippen LogP contribution in [0.2, 0.25) is 0 Å². The molecule has 5 rings (SSSR count). The fraction of sp³-hybridized carbons (Fsp3) is 0.350. The number of nitrogens with one attached hydrogen (secondary N) is 1. The molecule has 1 aliphatic heterocycles. The Labute approximate surface area is 179 Å². The summed E-state index contributed by atoms with van der Waals surface area (Å²) >= 11 is 0.